The van der Waals surface area contributed by atoms with Crippen LogP contribution in [0.15, 0.2) is 64.8 Å². The van der Waals surface area contributed by atoms with E-state index in [-0.39, 0.29) is 12.6 Å². The van der Waals surface area contributed by atoms with Crippen LogP contribution in [0.5, 0.6) is 23.0 Å². The monoisotopic (exact) mass is 491 g/mol. The van der Waals surface area contributed by atoms with Crippen LogP contribution in [0.25, 0.3) is 6.08 Å². The minimum absolute atomic E-state index is 0.115. The molecule has 160 valence electrons. The van der Waals surface area contributed by atoms with Gasteiger partial charge in [0.15, 0.2) is 17.3 Å². The average Bonchev–Trinajstić information content (AvgIpc) is 3.38. The Balaban J connectivity index is 1.26. The van der Waals surface area contributed by atoms with Crippen LogP contribution in [0.3, 0.4) is 0 Å². The summed E-state index contributed by atoms with van der Waals surface area (Å²) in [5.41, 5.74) is 3.45. The van der Waals surface area contributed by atoms with Crippen LogP contribution in [0.4, 0.5) is 0 Å². The third kappa shape index (κ3) is 3.43. The largest absolute Gasteiger partial charge is 0.478 e. The fourth-order valence-corrected chi connectivity index (χ4v) is 4.57. The Morgan fingerprint density at radius 1 is 0.969 bits per heavy atom. The van der Waals surface area contributed by atoms with E-state index < -0.39 is 0 Å². The highest BCUT2D eigenvalue weighted by molar-refractivity contribution is 9.10. The molecule has 6 rings (SSSR count). The van der Waals surface area contributed by atoms with Gasteiger partial charge in [0, 0.05) is 17.6 Å². The van der Waals surface area contributed by atoms with Crippen molar-refractivity contribution < 1.29 is 23.7 Å². The molecule has 6 nitrogen and oxygen atoms in total. The molecule has 3 heterocycles. The fraction of sp³-hybridized carbons (Fsp3) is 0.160. The molecule has 0 aromatic heterocycles. The normalized spacial score (nSPS) is 17.7. The van der Waals surface area contributed by atoms with E-state index in [1.165, 1.54) is 0 Å². The molecule has 32 heavy (non-hydrogen) atoms. The molecular formula is C25H18BrNO5. The molecule has 0 radical (unpaired) electrons. The molecule has 0 atom stereocenters. The summed E-state index contributed by atoms with van der Waals surface area (Å²) in [7, 11) is 0. The predicted molar refractivity (Wildman–Crippen MR) is 121 cm³/mol. The maximum atomic E-state index is 13.0. The molecule has 3 aliphatic heterocycles. The van der Waals surface area contributed by atoms with Crippen LogP contribution in [0.2, 0.25) is 0 Å². The predicted octanol–water partition coefficient (Wildman–Crippen LogP) is 5.15. The van der Waals surface area contributed by atoms with Gasteiger partial charge in [-0.1, -0.05) is 34.1 Å². The maximum absolute atomic E-state index is 13.0. The van der Waals surface area contributed by atoms with Crippen molar-refractivity contribution in [2.45, 2.75) is 13.1 Å². The Labute approximate surface area is 193 Å². The first-order valence-corrected chi connectivity index (χ1v) is 11.0. The van der Waals surface area contributed by atoms with Gasteiger partial charge < -0.3 is 18.9 Å². The van der Waals surface area contributed by atoms with Crippen molar-refractivity contribution in [3.63, 3.8) is 0 Å². The zero-order valence-electron chi connectivity index (χ0n) is 17.0. The lowest BCUT2D eigenvalue weighted by Crippen LogP contribution is -2.31. The number of halogens is 1. The number of carbonyl (C=O) groups excluding carboxylic acids is 1. The minimum atomic E-state index is -0.115. The molecule has 0 spiro atoms. The van der Waals surface area contributed by atoms with E-state index in [1.54, 1.807) is 12.1 Å². The molecule has 7 heteroatoms. The molecule has 0 fully saturated rings. The zero-order chi connectivity index (χ0) is 21.7. The van der Waals surface area contributed by atoms with E-state index in [4.69, 9.17) is 18.9 Å². The van der Waals surface area contributed by atoms with Crippen molar-refractivity contribution in [3.8, 4) is 23.0 Å². The van der Waals surface area contributed by atoms with Crippen molar-refractivity contribution in [2.24, 2.45) is 0 Å². The Hall–Kier alpha value is -3.29. The number of hydrogen-bond donors (Lipinski definition) is 0. The number of hydrogen-bond acceptors (Lipinski definition) is 6. The fourth-order valence-electron chi connectivity index (χ4n) is 4.15. The van der Waals surface area contributed by atoms with Crippen LogP contribution in [-0.4, -0.2) is 24.2 Å². The lowest BCUT2D eigenvalue weighted by atomic mass is 10.0. The van der Waals surface area contributed by atoms with E-state index in [0.717, 1.165) is 38.4 Å². The number of ketones is 1. The standard InChI is InChI=1S/C25H18BrNO5/c26-17-3-1-2-15(8-17)9-23-24(28)18-5-7-20-19(25(18)32-23)12-27(13-29-20)11-16-4-6-21-22(10-16)31-14-30-21/h1-10H,11-14H2/b23-9-. The number of rotatable bonds is 3. The number of Topliss-reactive ketones (excluding diaryl/α,β-unsaturated/α-hetero) is 1. The van der Waals surface area contributed by atoms with Crippen LogP contribution >= 0.6 is 15.9 Å². The summed E-state index contributed by atoms with van der Waals surface area (Å²) in [4.78, 5) is 15.1. The molecule has 0 N–H and O–H groups in total. The minimum Gasteiger partial charge on any atom is -0.478 e. The van der Waals surface area contributed by atoms with E-state index in [0.29, 0.717) is 36.9 Å². The Kier molecular flexibility index (Phi) is 4.66. The van der Waals surface area contributed by atoms with Crippen molar-refractivity contribution in [2.75, 3.05) is 13.5 Å². The number of benzene rings is 3. The van der Waals surface area contributed by atoms with Crippen LogP contribution in [0.1, 0.15) is 27.0 Å². The highest BCUT2D eigenvalue weighted by Gasteiger charge is 2.33. The molecule has 0 unspecified atom stereocenters. The first kappa shape index (κ1) is 19.4. The van der Waals surface area contributed by atoms with Gasteiger partial charge in [0.1, 0.15) is 18.2 Å². The summed E-state index contributed by atoms with van der Waals surface area (Å²) in [6.07, 6.45) is 1.77. The number of carbonyl (C=O) groups is 1. The van der Waals surface area contributed by atoms with Crippen molar-refractivity contribution in [1.82, 2.24) is 4.90 Å². The average molecular weight is 492 g/mol. The lowest BCUT2D eigenvalue weighted by molar-refractivity contribution is 0.0872. The van der Waals surface area contributed by atoms with Gasteiger partial charge in [-0.15, -0.1) is 0 Å². The number of fused-ring (bicyclic) bond motifs is 4. The van der Waals surface area contributed by atoms with E-state index in [1.807, 2.05) is 48.5 Å². The van der Waals surface area contributed by atoms with E-state index in [9.17, 15) is 4.79 Å². The van der Waals surface area contributed by atoms with Gasteiger partial charge in [0.25, 0.3) is 0 Å². The lowest BCUT2D eigenvalue weighted by Gasteiger charge is -2.29. The maximum Gasteiger partial charge on any atom is 0.231 e. The summed E-state index contributed by atoms with van der Waals surface area (Å²) < 4.78 is 23.9. The van der Waals surface area contributed by atoms with Gasteiger partial charge in [-0.2, -0.15) is 0 Å². The third-order valence-corrected chi connectivity index (χ3v) is 6.17. The first-order valence-electron chi connectivity index (χ1n) is 10.2. The first-order chi connectivity index (χ1) is 15.6. The number of nitrogens with zero attached hydrogens (tertiary/aromatic N) is 1. The second-order valence-electron chi connectivity index (χ2n) is 7.86. The smallest absolute Gasteiger partial charge is 0.231 e. The van der Waals surface area contributed by atoms with Crippen LogP contribution < -0.4 is 18.9 Å². The Bertz CT molecular complexity index is 1290. The van der Waals surface area contributed by atoms with Gasteiger partial charge in [0.05, 0.1) is 11.1 Å². The summed E-state index contributed by atoms with van der Waals surface area (Å²) in [5.74, 6) is 3.07. The molecule has 0 aliphatic carbocycles. The summed E-state index contributed by atoms with van der Waals surface area (Å²) in [6.45, 7) is 2.00. The molecule has 3 aromatic carbocycles. The summed E-state index contributed by atoms with van der Waals surface area (Å²) in [5, 5.41) is 0. The molecule has 0 bridgehead atoms. The topological polar surface area (TPSA) is 57.2 Å². The Morgan fingerprint density at radius 3 is 2.75 bits per heavy atom. The quantitative estimate of drug-likeness (QED) is 0.472. The second-order valence-corrected chi connectivity index (χ2v) is 8.78. The molecule has 3 aliphatic rings. The number of allylic oxidation sites excluding steroid dienone is 1. The van der Waals surface area contributed by atoms with E-state index >= 15 is 0 Å². The highest BCUT2D eigenvalue weighted by atomic mass is 79.9. The SMILES string of the molecule is O=C1/C(=C/c2cccc(Br)c2)Oc2c1ccc1c2CN(Cc2ccc3c(c2)OCO3)CO1. The van der Waals surface area contributed by atoms with Crippen LogP contribution in [0, 0.1) is 0 Å². The third-order valence-electron chi connectivity index (χ3n) is 5.67. The molecule has 0 saturated carbocycles. The van der Waals surface area contributed by atoms with Gasteiger partial charge in [-0.05, 0) is 53.6 Å². The van der Waals surface area contributed by atoms with E-state index in [2.05, 4.69) is 20.8 Å². The van der Waals surface area contributed by atoms with Gasteiger partial charge in [0.2, 0.25) is 12.6 Å². The molecule has 0 amide bonds. The zero-order valence-corrected chi connectivity index (χ0v) is 18.6. The summed E-state index contributed by atoms with van der Waals surface area (Å²) in [6, 6.07) is 17.3. The van der Waals surface area contributed by atoms with Crippen molar-refractivity contribution in [3.05, 3.63) is 87.1 Å². The van der Waals surface area contributed by atoms with Crippen LogP contribution in [-0.2, 0) is 13.1 Å². The second kappa shape index (κ2) is 7.69. The molecule has 0 saturated heterocycles. The Morgan fingerprint density at radius 2 is 1.84 bits per heavy atom. The summed E-state index contributed by atoms with van der Waals surface area (Å²) >= 11 is 3.46. The van der Waals surface area contributed by atoms with Gasteiger partial charge >= 0.3 is 0 Å². The van der Waals surface area contributed by atoms with Gasteiger partial charge in [-0.25, -0.2) is 0 Å². The van der Waals surface area contributed by atoms with Crippen molar-refractivity contribution >= 4 is 27.8 Å². The molecule has 3 aromatic rings. The van der Waals surface area contributed by atoms with Crippen molar-refractivity contribution in [1.29, 1.82) is 0 Å². The van der Waals surface area contributed by atoms with Gasteiger partial charge in [-0.3, -0.25) is 9.69 Å². The molecular weight excluding hydrogens is 474 g/mol. The highest BCUT2D eigenvalue weighted by Crippen LogP contribution is 2.42. The number of ether oxygens (including phenoxy) is 4.